The third kappa shape index (κ3) is 5.11. The van der Waals surface area contributed by atoms with E-state index in [1.165, 1.54) is 25.1 Å². The summed E-state index contributed by atoms with van der Waals surface area (Å²) in [5.74, 6) is 0.0816. The number of hydrogen-bond acceptors (Lipinski definition) is 9. The Bertz CT molecular complexity index is 1330. The Hall–Kier alpha value is -3.35. The number of β-amino-alcohol motifs (C(OH)–C–C–N with tert-alkyl or cyclic N) is 1. The van der Waals surface area contributed by atoms with Crippen LogP contribution in [-0.4, -0.2) is 81.4 Å². The summed E-state index contributed by atoms with van der Waals surface area (Å²) in [6.07, 6.45) is 1.31. The van der Waals surface area contributed by atoms with Gasteiger partial charge in [-0.25, -0.2) is 14.4 Å². The predicted molar refractivity (Wildman–Crippen MR) is 132 cm³/mol. The van der Waals surface area contributed by atoms with Crippen molar-refractivity contribution in [3.05, 3.63) is 47.5 Å². The minimum absolute atomic E-state index is 0.157. The minimum atomic E-state index is -0.798. The van der Waals surface area contributed by atoms with Gasteiger partial charge in [0.2, 0.25) is 11.8 Å². The number of methoxy groups -OCH3 is 1. The molecule has 0 saturated carbocycles. The molecule has 188 valence electrons. The van der Waals surface area contributed by atoms with E-state index in [9.17, 15) is 19.1 Å². The van der Waals surface area contributed by atoms with Gasteiger partial charge in [0, 0.05) is 31.3 Å². The van der Waals surface area contributed by atoms with Gasteiger partial charge in [-0.1, -0.05) is 0 Å². The molecular weight excluding hydrogens is 487 g/mol. The standard InChI is InChI=1S/C24H25FN6O4S/c1-35-21-5-3-16-22(30-21)13(14(25)10-26-16)6-8-31-9-7-15(18(32)11-31)28-24(34)17-2-4-19-23(27-17)29-20(33)12-36-19/h2-5,10,15,18,32H,6-9,11-12H2,1H3,(H,28,34)(H,27,29,33)/t15-,18-/m0/s1. The molecule has 2 aliphatic heterocycles. The number of carbonyl (C=O) groups excluding carboxylic acids is 2. The lowest BCUT2D eigenvalue weighted by atomic mass is 10.0. The quantitative estimate of drug-likeness (QED) is 0.451. The molecule has 0 aliphatic carbocycles. The average Bonchev–Trinajstić information content (AvgIpc) is 2.88. The van der Waals surface area contributed by atoms with Crippen molar-refractivity contribution in [1.82, 2.24) is 25.2 Å². The first-order valence-corrected chi connectivity index (χ1v) is 12.5. The van der Waals surface area contributed by atoms with Crippen LogP contribution in [0, 0.1) is 5.82 Å². The summed E-state index contributed by atoms with van der Waals surface area (Å²) in [5, 5.41) is 16.2. The van der Waals surface area contributed by atoms with Crippen LogP contribution in [0.5, 0.6) is 5.88 Å². The number of anilines is 1. The van der Waals surface area contributed by atoms with Crippen molar-refractivity contribution in [1.29, 1.82) is 0 Å². The number of carbonyl (C=O) groups is 2. The lowest BCUT2D eigenvalue weighted by Crippen LogP contribution is -2.54. The van der Waals surface area contributed by atoms with Gasteiger partial charge in [0.15, 0.2) is 0 Å². The predicted octanol–water partition coefficient (Wildman–Crippen LogP) is 1.62. The van der Waals surface area contributed by atoms with Crippen LogP contribution < -0.4 is 15.4 Å². The molecule has 5 heterocycles. The molecule has 0 spiro atoms. The van der Waals surface area contributed by atoms with Crippen LogP contribution in [0.25, 0.3) is 11.0 Å². The highest BCUT2D eigenvalue weighted by molar-refractivity contribution is 8.00. The third-order valence-corrected chi connectivity index (χ3v) is 7.36. The second-order valence-corrected chi connectivity index (χ2v) is 9.69. The first kappa shape index (κ1) is 24.3. The zero-order chi connectivity index (χ0) is 25.2. The Morgan fingerprint density at radius 2 is 2.19 bits per heavy atom. The summed E-state index contributed by atoms with van der Waals surface area (Å²) in [7, 11) is 1.50. The monoisotopic (exact) mass is 512 g/mol. The van der Waals surface area contributed by atoms with Crippen molar-refractivity contribution >= 4 is 40.4 Å². The number of rotatable bonds is 6. The van der Waals surface area contributed by atoms with E-state index in [1.54, 1.807) is 24.3 Å². The van der Waals surface area contributed by atoms with Gasteiger partial charge in [-0.05, 0) is 31.0 Å². The number of aromatic nitrogens is 3. The fourth-order valence-electron chi connectivity index (χ4n) is 4.40. The molecule has 1 saturated heterocycles. The fraction of sp³-hybridized carbons (Fsp3) is 0.375. The molecule has 2 atom stereocenters. The molecule has 3 aromatic rings. The first-order chi connectivity index (χ1) is 17.4. The van der Waals surface area contributed by atoms with Gasteiger partial charge in [0.1, 0.15) is 17.3 Å². The SMILES string of the molecule is COc1ccc2ncc(F)c(CCN3CC[C@H](NC(=O)c4ccc5c(n4)NC(=O)CS5)[C@@H](O)C3)c2n1. The highest BCUT2D eigenvalue weighted by atomic mass is 32.2. The zero-order valence-corrected chi connectivity index (χ0v) is 20.3. The highest BCUT2D eigenvalue weighted by Crippen LogP contribution is 2.29. The summed E-state index contributed by atoms with van der Waals surface area (Å²) < 4.78 is 19.8. The van der Waals surface area contributed by atoms with Crippen molar-refractivity contribution in [2.24, 2.45) is 0 Å². The maximum atomic E-state index is 14.6. The molecular formula is C24H25FN6O4S. The molecule has 5 rings (SSSR count). The molecule has 0 radical (unpaired) electrons. The maximum Gasteiger partial charge on any atom is 0.270 e. The topological polar surface area (TPSA) is 130 Å². The van der Waals surface area contributed by atoms with E-state index in [0.717, 1.165) is 4.90 Å². The Morgan fingerprint density at radius 1 is 1.33 bits per heavy atom. The lowest BCUT2D eigenvalue weighted by Gasteiger charge is -2.36. The smallest absolute Gasteiger partial charge is 0.270 e. The Balaban J connectivity index is 1.19. The van der Waals surface area contributed by atoms with E-state index in [2.05, 4.69) is 25.6 Å². The van der Waals surface area contributed by atoms with Crippen LogP contribution in [0.4, 0.5) is 10.2 Å². The number of amides is 2. The van der Waals surface area contributed by atoms with Crippen LogP contribution in [0.15, 0.2) is 35.4 Å². The number of thioether (sulfide) groups is 1. The number of fused-ring (bicyclic) bond motifs is 2. The molecule has 2 aliphatic rings. The highest BCUT2D eigenvalue weighted by Gasteiger charge is 2.30. The van der Waals surface area contributed by atoms with Crippen molar-refractivity contribution in [2.75, 3.05) is 37.8 Å². The van der Waals surface area contributed by atoms with Crippen LogP contribution in [0.3, 0.4) is 0 Å². The summed E-state index contributed by atoms with van der Waals surface area (Å²) in [4.78, 5) is 39.9. The number of ether oxygens (including phenoxy) is 1. The molecule has 36 heavy (non-hydrogen) atoms. The van der Waals surface area contributed by atoms with E-state index in [1.807, 2.05) is 4.90 Å². The fourth-order valence-corrected chi connectivity index (χ4v) is 5.16. The van der Waals surface area contributed by atoms with Gasteiger partial charge in [-0.3, -0.25) is 14.6 Å². The molecule has 2 amide bonds. The zero-order valence-electron chi connectivity index (χ0n) is 19.5. The molecule has 1 fully saturated rings. The number of halogens is 1. The minimum Gasteiger partial charge on any atom is -0.481 e. The number of hydrogen-bond donors (Lipinski definition) is 3. The number of nitrogens with zero attached hydrogens (tertiary/aromatic N) is 4. The van der Waals surface area contributed by atoms with Crippen LogP contribution >= 0.6 is 11.8 Å². The normalized spacial score (nSPS) is 20.0. The van der Waals surface area contributed by atoms with Crippen molar-refractivity contribution in [3.63, 3.8) is 0 Å². The van der Waals surface area contributed by atoms with E-state index < -0.39 is 23.9 Å². The van der Waals surface area contributed by atoms with Crippen LogP contribution in [0.1, 0.15) is 22.5 Å². The van der Waals surface area contributed by atoms with Crippen molar-refractivity contribution in [3.8, 4) is 5.88 Å². The number of aliphatic hydroxyl groups is 1. The van der Waals surface area contributed by atoms with E-state index in [-0.39, 0.29) is 11.6 Å². The van der Waals surface area contributed by atoms with Gasteiger partial charge in [0.25, 0.3) is 5.91 Å². The molecule has 0 unspecified atom stereocenters. The molecule has 3 aromatic heterocycles. The average molecular weight is 513 g/mol. The molecule has 12 heteroatoms. The molecule has 0 aromatic carbocycles. The number of aliphatic hydroxyl groups excluding tert-OH is 1. The maximum absolute atomic E-state index is 14.6. The van der Waals surface area contributed by atoms with E-state index in [0.29, 0.717) is 66.5 Å². The summed E-state index contributed by atoms with van der Waals surface area (Å²) in [5.41, 5.74) is 1.67. The van der Waals surface area contributed by atoms with Gasteiger partial charge < -0.3 is 25.4 Å². The van der Waals surface area contributed by atoms with Gasteiger partial charge in [-0.15, -0.1) is 11.8 Å². The second-order valence-electron chi connectivity index (χ2n) is 8.67. The number of likely N-dealkylation sites (tertiary alicyclic amines) is 1. The third-order valence-electron chi connectivity index (χ3n) is 6.32. The van der Waals surface area contributed by atoms with Crippen LogP contribution in [0.2, 0.25) is 0 Å². The Morgan fingerprint density at radius 3 is 3.00 bits per heavy atom. The number of piperidine rings is 1. The largest absolute Gasteiger partial charge is 0.481 e. The van der Waals surface area contributed by atoms with E-state index in [4.69, 9.17) is 4.74 Å². The van der Waals surface area contributed by atoms with Crippen LogP contribution in [-0.2, 0) is 11.2 Å². The number of nitrogens with one attached hydrogen (secondary N) is 2. The molecule has 0 bridgehead atoms. The first-order valence-electron chi connectivity index (χ1n) is 11.5. The molecule has 3 N–H and O–H groups in total. The van der Waals surface area contributed by atoms with Gasteiger partial charge in [0.05, 0.1) is 47.1 Å². The lowest BCUT2D eigenvalue weighted by molar-refractivity contribution is -0.113. The molecule has 10 nitrogen and oxygen atoms in total. The summed E-state index contributed by atoms with van der Waals surface area (Å²) in [6, 6.07) is 6.34. The van der Waals surface area contributed by atoms with Crippen molar-refractivity contribution < 1.29 is 23.8 Å². The summed E-state index contributed by atoms with van der Waals surface area (Å²) in [6.45, 7) is 1.46. The van der Waals surface area contributed by atoms with Gasteiger partial charge >= 0.3 is 0 Å². The summed E-state index contributed by atoms with van der Waals surface area (Å²) >= 11 is 1.37. The van der Waals surface area contributed by atoms with Crippen molar-refractivity contribution in [2.45, 2.75) is 29.9 Å². The second kappa shape index (κ2) is 10.3. The Labute approximate surface area is 210 Å². The Kier molecular flexibility index (Phi) is 6.99. The number of pyridine rings is 3. The van der Waals surface area contributed by atoms with E-state index >= 15 is 0 Å². The van der Waals surface area contributed by atoms with Gasteiger partial charge in [-0.2, -0.15) is 0 Å².